The maximum Gasteiger partial charge on any atom is 0.0360 e. The fraction of sp³-hybridized carbons (Fsp3) is 1.00. The highest BCUT2D eigenvalue weighted by Crippen LogP contribution is 2.08. The smallest absolute Gasteiger partial charge is 0.0360 e. The summed E-state index contributed by atoms with van der Waals surface area (Å²) < 4.78 is 0. The molecule has 3 nitrogen and oxygen atoms in total. The molecule has 0 aromatic rings. The number of nitrogens with one attached hydrogen (secondary N) is 1. The van der Waals surface area contributed by atoms with E-state index in [1.165, 1.54) is 32.4 Å². The summed E-state index contributed by atoms with van der Waals surface area (Å²) in [5, 5.41) is 2.33. The van der Waals surface area contributed by atoms with Crippen LogP contribution in [0.5, 0.6) is 0 Å². The first kappa shape index (κ1) is 11.0. The molecule has 0 aromatic carbocycles. The number of nitrogens with two attached hydrogens (primary N) is 1. The third-order valence-corrected chi connectivity index (χ3v) is 2.76. The number of nitrogens with zero attached hydrogens (tertiary/aromatic N) is 1. The van der Waals surface area contributed by atoms with Crippen molar-refractivity contribution < 1.29 is 0 Å². The number of hydrazine groups is 1. The van der Waals surface area contributed by atoms with E-state index in [1.807, 2.05) is 0 Å². The average molecular weight is 185 g/mol. The molecule has 1 heterocycles. The average Bonchev–Trinajstić information content (AvgIpc) is 2.15. The Labute approximate surface area is 81.6 Å². The first-order chi connectivity index (χ1) is 6.24. The van der Waals surface area contributed by atoms with Gasteiger partial charge in [-0.1, -0.05) is 20.3 Å². The molecule has 1 rings (SSSR count). The molecule has 0 radical (unpaired) electrons. The van der Waals surface area contributed by atoms with Gasteiger partial charge in [0.1, 0.15) is 0 Å². The highest BCUT2D eigenvalue weighted by molar-refractivity contribution is 4.71. The zero-order valence-electron chi connectivity index (χ0n) is 8.92. The molecule has 1 aliphatic heterocycles. The normalized spacial score (nSPS) is 22.2. The third kappa shape index (κ3) is 3.63. The molecule has 1 aliphatic rings. The molecule has 0 bridgehead atoms. The van der Waals surface area contributed by atoms with Crippen LogP contribution in [0.15, 0.2) is 0 Å². The van der Waals surface area contributed by atoms with Gasteiger partial charge in [0, 0.05) is 25.7 Å². The SMILES string of the molecule is CC(C)C(CN)NN1CCCCC1. The largest absolute Gasteiger partial charge is 0.329 e. The van der Waals surface area contributed by atoms with Crippen molar-refractivity contribution in [1.29, 1.82) is 0 Å². The van der Waals surface area contributed by atoms with E-state index in [1.54, 1.807) is 0 Å². The van der Waals surface area contributed by atoms with Crippen LogP contribution in [0.2, 0.25) is 0 Å². The van der Waals surface area contributed by atoms with E-state index in [9.17, 15) is 0 Å². The summed E-state index contributed by atoms with van der Waals surface area (Å²) >= 11 is 0. The maximum absolute atomic E-state index is 5.70. The molecule has 3 heteroatoms. The second-order valence-corrected chi connectivity index (χ2v) is 4.26. The predicted molar refractivity (Wildman–Crippen MR) is 56.2 cm³/mol. The van der Waals surface area contributed by atoms with Gasteiger partial charge in [0.05, 0.1) is 0 Å². The van der Waals surface area contributed by atoms with Gasteiger partial charge >= 0.3 is 0 Å². The highest BCUT2D eigenvalue weighted by Gasteiger charge is 2.16. The number of piperidine rings is 1. The molecule has 1 unspecified atom stereocenters. The summed E-state index contributed by atoms with van der Waals surface area (Å²) in [6.45, 7) is 7.53. The molecule has 0 saturated carbocycles. The molecule has 13 heavy (non-hydrogen) atoms. The minimum atomic E-state index is 0.443. The van der Waals surface area contributed by atoms with E-state index in [0.29, 0.717) is 12.0 Å². The summed E-state index contributed by atoms with van der Waals surface area (Å²) in [6, 6.07) is 0.443. The van der Waals surface area contributed by atoms with Crippen LogP contribution in [-0.4, -0.2) is 30.7 Å². The van der Waals surface area contributed by atoms with E-state index in [2.05, 4.69) is 24.3 Å². The molecule has 0 aliphatic carbocycles. The zero-order chi connectivity index (χ0) is 9.68. The van der Waals surface area contributed by atoms with Crippen LogP contribution in [0.3, 0.4) is 0 Å². The van der Waals surface area contributed by atoms with E-state index in [0.717, 1.165) is 6.54 Å². The topological polar surface area (TPSA) is 41.3 Å². The van der Waals surface area contributed by atoms with Crippen LogP contribution in [0.4, 0.5) is 0 Å². The minimum Gasteiger partial charge on any atom is -0.329 e. The van der Waals surface area contributed by atoms with Gasteiger partial charge in [-0.3, -0.25) is 5.43 Å². The van der Waals surface area contributed by atoms with Crippen molar-refractivity contribution in [3.05, 3.63) is 0 Å². The van der Waals surface area contributed by atoms with Gasteiger partial charge in [0.15, 0.2) is 0 Å². The fourth-order valence-electron chi connectivity index (χ4n) is 1.73. The lowest BCUT2D eigenvalue weighted by Crippen LogP contribution is -2.51. The Balaban J connectivity index is 2.27. The molecule has 78 valence electrons. The minimum absolute atomic E-state index is 0.443. The first-order valence-electron chi connectivity index (χ1n) is 5.45. The molecule has 1 saturated heterocycles. The summed E-state index contributed by atoms with van der Waals surface area (Å²) in [4.78, 5) is 0. The lowest BCUT2D eigenvalue weighted by molar-refractivity contribution is 0.115. The van der Waals surface area contributed by atoms with Gasteiger partial charge in [0.2, 0.25) is 0 Å². The van der Waals surface area contributed by atoms with Crippen LogP contribution >= 0.6 is 0 Å². The van der Waals surface area contributed by atoms with Crippen LogP contribution in [0.1, 0.15) is 33.1 Å². The van der Waals surface area contributed by atoms with Crippen molar-refractivity contribution in [2.75, 3.05) is 19.6 Å². The third-order valence-electron chi connectivity index (χ3n) is 2.76. The van der Waals surface area contributed by atoms with Crippen LogP contribution in [0, 0.1) is 5.92 Å². The van der Waals surface area contributed by atoms with Crippen molar-refractivity contribution in [3.8, 4) is 0 Å². The second kappa shape index (κ2) is 5.58. The number of rotatable bonds is 4. The lowest BCUT2D eigenvalue weighted by Gasteiger charge is -2.32. The van der Waals surface area contributed by atoms with Gasteiger partial charge in [-0.25, -0.2) is 5.01 Å². The van der Waals surface area contributed by atoms with Crippen molar-refractivity contribution in [1.82, 2.24) is 10.4 Å². The summed E-state index contributed by atoms with van der Waals surface area (Å²) in [6.07, 6.45) is 4.03. The Bertz CT molecular complexity index is 130. The van der Waals surface area contributed by atoms with Gasteiger partial charge < -0.3 is 5.73 Å². The van der Waals surface area contributed by atoms with E-state index in [-0.39, 0.29) is 0 Å². The monoisotopic (exact) mass is 185 g/mol. The standard InChI is InChI=1S/C10H23N3/c1-9(2)10(8-11)12-13-6-4-3-5-7-13/h9-10,12H,3-8,11H2,1-2H3. The van der Waals surface area contributed by atoms with Gasteiger partial charge in [0.25, 0.3) is 0 Å². The summed E-state index contributed by atoms with van der Waals surface area (Å²) in [7, 11) is 0. The molecule has 0 amide bonds. The van der Waals surface area contributed by atoms with Crippen LogP contribution < -0.4 is 11.2 Å². The van der Waals surface area contributed by atoms with Crippen molar-refractivity contribution in [3.63, 3.8) is 0 Å². The molecule has 3 N–H and O–H groups in total. The Morgan fingerprint density at radius 2 is 1.85 bits per heavy atom. The van der Waals surface area contributed by atoms with Crippen LogP contribution in [0.25, 0.3) is 0 Å². The Hall–Kier alpha value is -0.120. The number of hydrogen-bond acceptors (Lipinski definition) is 3. The molecule has 1 fully saturated rings. The van der Waals surface area contributed by atoms with E-state index < -0.39 is 0 Å². The van der Waals surface area contributed by atoms with Crippen molar-refractivity contribution in [2.24, 2.45) is 11.7 Å². The summed E-state index contributed by atoms with van der Waals surface area (Å²) in [5.74, 6) is 0.618. The quantitative estimate of drug-likeness (QED) is 0.685. The summed E-state index contributed by atoms with van der Waals surface area (Å²) in [5.41, 5.74) is 9.22. The van der Waals surface area contributed by atoms with Crippen molar-refractivity contribution in [2.45, 2.75) is 39.2 Å². The first-order valence-corrected chi connectivity index (χ1v) is 5.45. The van der Waals surface area contributed by atoms with E-state index >= 15 is 0 Å². The van der Waals surface area contributed by atoms with Crippen LogP contribution in [-0.2, 0) is 0 Å². The highest BCUT2D eigenvalue weighted by atomic mass is 15.5. The Morgan fingerprint density at radius 1 is 1.23 bits per heavy atom. The maximum atomic E-state index is 5.70. The molecule has 1 atom stereocenters. The van der Waals surface area contributed by atoms with Gasteiger partial charge in [-0.2, -0.15) is 0 Å². The second-order valence-electron chi connectivity index (χ2n) is 4.26. The molecule has 0 aromatic heterocycles. The van der Waals surface area contributed by atoms with Gasteiger partial charge in [-0.15, -0.1) is 0 Å². The lowest BCUT2D eigenvalue weighted by atomic mass is 10.1. The fourth-order valence-corrected chi connectivity index (χ4v) is 1.73. The molecule has 0 spiro atoms. The Morgan fingerprint density at radius 3 is 2.31 bits per heavy atom. The molecular formula is C10H23N3. The Kier molecular flexibility index (Phi) is 4.70. The van der Waals surface area contributed by atoms with Crippen molar-refractivity contribution >= 4 is 0 Å². The molecular weight excluding hydrogens is 162 g/mol. The predicted octanol–water partition coefficient (Wildman–Crippen LogP) is 0.960. The van der Waals surface area contributed by atoms with E-state index in [4.69, 9.17) is 5.73 Å². The zero-order valence-corrected chi connectivity index (χ0v) is 8.92. The number of hydrogen-bond donors (Lipinski definition) is 2. The van der Waals surface area contributed by atoms with Gasteiger partial charge in [-0.05, 0) is 18.8 Å².